The van der Waals surface area contributed by atoms with Crippen LogP contribution >= 0.6 is 23.2 Å². The van der Waals surface area contributed by atoms with Gasteiger partial charge in [0.1, 0.15) is 5.41 Å². The van der Waals surface area contributed by atoms with Crippen LogP contribution in [0, 0.1) is 5.41 Å². The van der Waals surface area contributed by atoms with E-state index in [2.05, 4.69) is 36.7 Å². The maximum Gasteiger partial charge on any atom is 0.248 e. The molecule has 1 fully saturated rings. The fraction of sp³-hybridized carbons (Fsp3) is 0.300. The van der Waals surface area contributed by atoms with Gasteiger partial charge in [-0.1, -0.05) is 62.2 Å². The summed E-state index contributed by atoms with van der Waals surface area (Å²) >= 11 is 12.7. The number of benzene rings is 3. The van der Waals surface area contributed by atoms with Crippen molar-refractivity contribution in [2.75, 3.05) is 10.6 Å². The molecule has 7 nitrogen and oxygen atoms in total. The molecule has 3 amide bonds. The van der Waals surface area contributed by atoms with Crippen molar-refractivity contribution in [3.8, 4) is 0 Å². The van der Waals surface area contributed by atoms with Gasteiger partial charge in [0.2, 0.25) is 17.7 Å². The number of nitrogens with two attached hydrogens (primary N) is 1. The first kappa shape index (κ1) is 27.2. The zero-order valence-electron chi connectivity index (χ0n) is 21.8. The topological polar surface area (TPSA) is 113 Å². The molecule has 0 aromatic heterocycles. The summed E-state index contributed by atoms with van der Waals surface area (Å²) < 4.78 is 0. The van der Waals surface area contributed by atoms with Crippen molar-refractivity contribution in [1.29, 1.82) is 0 Å². The van der Waals surface area contributed by atoms with Crippen LogP contribution in [0.5, 0.6) is 0 Å². The first-order chi connectivity index (χ1) is 18.4. The van der Waals surface area contributed by atoms with Gasteiger partial charge in [-0.25, -0.2) is 0 Å². The Morgan fingerprint density at radius 2 is 1.69 bits per heavy atom. The first-order valence-electron chi connectivity index (χ1n) is 12.7. The minimum Gasteiger partial charge on any atom is -0.366 e. The standard InChI is InChI=1S/C30H30Cl2N4O3/c1-29(2,3)15-23-30(21-12-9-19(32)14-22(21)35-28(30)39)24(17-5-4-6-18(31)13-17)25(36-23)27(38)34-20-10-7-16(8-11-20)26(33)37/h4-14,23-25,36H,15H2,1-3H3,(H2,33,37)(H,34,38)(H,35,39)/t23-,24-,25+,30?/m0/s1. The number of carbonyl (C=O) groups is 3. The van der Waals surface area contributed by atoms with Gasteiger partial charge in [-0.15, -0.1) is 0 Å². The summed E-state index contributed by atoms with van der Waals surface area (Å²) in [6.07, 6.45) is 0.622. The highest BCUT2D eigenvalue weighted by Crippen LogP contribution is 2.56. The number of halogens is 2. The van der Waals surface area contributed by atoms with E-state index in [0.717, 1.165) is 11.1 Å². The molecule has 39 heavy (non-hydrogen) atoms. The van der Waals surface area contributed by atoms with Crippen LogP contribution in [-0.2, 0) is 15.0 Å². The van der Waals surface area contributed by atoms with Crippen LogP contribution in [0.4, 0.5) is 11.4 Å². The fourth-order valence-electron chi connectivity index (χ4n) is 6.06. The zero-order valence-corrected chi connectivity index (χ0v) is 23.4. The lowest BCUT2D eigenvalue weighted by atomic mass is 9.62. The fourth-order valence-corrected chi connectivity index (χ4v) is 6.43. The van der Waals surface area contributed by atoms with Crippen molar-refractivity contribution >= 4 is 52.3 Å². The van der Waals surface area contributed by atoms with E-state index in [0.29, 0.717) is 33.4 Å². The molecule has 4 atom stereocenters. The molecule has 0 bridgehead atoms. The molecule has 5 N–H and O–H groups in total. The lowest BCUT2D eigenvalue weighted by Crippen LogP contribution is -2.49. The molecule has 0 aliphatic carbocycles. The summed E-state index contributed by atoms with van der Waals surface area (Å²) in [5, 5.41) is 10.6. The van der Waals surface area contributed by atoms with E-state index in [1.807, 2.05) is 24.3 Å². The highest BCUT2D eigenvalue weighted by atomic mass is 35.5. The number of nitrogens with one attached hydrogen (secondary N) is 3. The largest absolute Gasteiger partial charge is 0.366 e. The molecular formula is C30H30Cl2N4O3. The van der Waals surface area contributed by atoms with Crippen molar-refractivity contribution in [1.82, 2.24) is 5.32 Å². The van der Waals surface area contributed by atoms with Gasteiger partial charge < -0.3 is 21.7 Å². The summed E-state index contributed by atoms with van der Waals surface area (Å²) in [4.78, 5) is 39.6. The molecule has 0 radical (unpaired) electrons. The SMILES string of the molecule is CC(C)(C)C[C@@H]1N[C@@H](C(=O)Nc2ccc(C(N)=O)cc2)[C@H](c2cccc(Cl)c2)C12C(=O)Nc1cc(Cl)ccc12. The van der Waals surface area contributed by atoms with Crippen molar-refractivity contribution in [2.24, 2.45) is 11.1 Å². The molecule has 0 saturated carbocycles. The highest BCUT2D eigenvalue weighted by molar-refractivity contribution is 6.31. The zero-order chi connectivity index (χ0) is 28.1. The van der Waals surface area contributed by atoms with Crippen molar-refractivity contribution in [3.05, 3.63) is 93.5 Å². The van der Waals surface area contributed by atoms with Gasteiger partial charge in [-0.3, -0.25) is 14.4 Å². The molecule has 1 saturated heterocycles. The molecule has 3 aromatic rings. The number of fused-ring (bicyclic) bond motifs is 2. The molecule has 2 aliphatic heterocycles. The van der Waals surface area contributed by atoms with Crippen molar-refractivity contribution in [2.45, 2.75) is 50.6 Å². The predicted molar refractivity (Wildman–Crippen MR) is 154 cm³/mol. The van der Waals surface area contributed by atoms with Crippen molar-refractivity contribution in [3.63, 3.8) is 0 Å². The van der Waals surface area contributed by atoms with Gasteiger partial charge >= 0.3 is 0 Å². The van der Waals surface area contributed by atoms with Crippen LogP contribution in [-0.4, -0.2) is 29.8 Å². The van der Waals surface area contributed by atoms with Gasteiger partial charge in [0.15, 0.2) is 0 Å². The quantitative estimate of drug-likeness (QED) is 0.328. The number of hydrogen-bond donors (Lipinski definition) is 4. The first-order valence-corrected chi connectivity index (χ1v) is 13.5. The molecular weight excluding hydrogens is 535 g/mol. The second-order valence-corrected chi connectivity index (χ2v) is 12.3. The van der Waals surface area contributed by atoms with E-state index in [-0.39, 0.29) is 23.3 Å². The Hall–Kier alpha value is -3.39. The Labute approximate surface area is 237 Å². The third-order valence-electron chi connectivity index (χ3n) is 7.55. The van der Waals surface area contributed by atoms with E-state index >= 15 is 0 Å². The summed E-state index contributed by atoms with van der Waals surface area (Å²) in [5.74, 6) is -1.63. The van der Waals surface area contributed by atoms with E-state index in [4.69, 9.17) is 28.9 Å². The van der Waals surface area contributed by atoms with Gasteiger partial charge in [0.05, 0.1) is 6.04 Å². The molecule has 5 rings (SSSR count). The molecule has 2 aliphatic rings. The van der Waals surface area contributed by atoms with Gasteiger partial charge in [-0.05, 0) is 71.5 Å². The van der Waals surface area contributed by atoms with E-state index in [1.165, 1.54) is 0 Å². The Morgan fingerprint density at radius 1 is 1.00 bits per heavy atom. The van der Waals surface area contributed by atoms with Gasteiger partial charge in [-0.2, -0.15) is 0 Å². The summed E-state index contributed by atoms with van der Waals surface area (Å²) in [6, 6.07) is 17.9. The van der Waals surface area contributed by atoms with Crippen LogP contribution in [0.25, 0.3) is 0 Å². The highest BCUT2D eigenvalue weighted by Gasteiger charge is 2.65. The lowest BCUT2D eigenvalue weighted by molar-refractivity contribution is -0.122. The van der Waals surface area contributed by atoms with E-state index in [9.17, 15) is 14.4 Å². The minimum atomic E-state index is -1.10. The maximum atomic E-state index is 14.2. The summed E-state index contributed by atoms with van der Waals surface area (Å²) in [7, 11) is 0. The molecule has 202 valence electrons. The number of primary amides is 1. The second kappa shape index (κ2) is 9.97. The normalized spacial score (nSPS) is 23.9. The van der Waals surface area contributed by atoms with Gasteiger partial charge in [0, 0.05) is 38.9 Å². The van der Waals surface area contributed by atoms with Crippen LogP contribution in [0.15, 0.2) is 66.7 Å². The summed E-state index contributed by atoms with van der Waals surface area (Å²) in [5.41, 5.74) is 7.16. The Balaban J connectivity index is 1.66. The number of carbonyl (C=O) groups excluding carboxylic acids is 3. The van der Waals surface area contributed by atoms with E-state index in [1.54, 1.807) is 42.5 Å². The average molecular weight is 566 g/mol. The van der Waals surface area contributed by atoms with Crippen LogP contribution in [0.1, 0.15) is 54.6 Å². The molecule has 9 heteroatoms. The third kappa shape index (κ3) is 4.91. The number of amides is 3. The number of rotatable bonds is 5. The Bertz CT molecular complexity index is 1470. The average Bonchev–Trinajstić information content (AvgIpc) is 3.33. The third-order valence-corrected chi connectivity index (χ3v) is 8.02. The maximum absolute atomic E-state index is 14.2. The molecule has 1 spiro atoms. The van der Waals surface area contributed by atoms with E-state index < -0.39 is 23.3 Å². The van der Waals surface area contributed by atoms with Crippen LogP contribution in [0.2, 0.25) is 10.0 Å². The molecule has 2 heterocycles. The lowest BCUT2D eigenvalue weighted by Gasteiger charge is -2.37. The minimum absolute atomic E-state index is 0.158. The Kier molecular flexibility index (Phi) is 6.95. The Morgan fingerprint density at radius 3 is 2.33 bits per heavy atom. The van der Waals surface area contributed by atoms with Crippen LogP contribution in [0.3, 0.4) is 0 Å². The molecule has 3 aromatic carbocycles. The van der Waals surface area contributed by atoms with Gasteiger partial charge in [0.25, 0.3) is 0 Å². The summed E-state index contributed by atoms with van der Waals surface area (Å²) in [6.45, 7) is 6.33. The smallest absolute Gasteiger partial charge is 0.248 e. The number of anilines is 2. The second-order valence-electron chi connectivity index (χ2n) is 11.4. The molecule has 1 unspecified atom stereocenters. The predicted octanol–water partition coefficient (Wildman–Crippen LogP) is 5.48. The monoisotopic (exact) mass is 564 g/mol. The van der Waals surface area contributed by atoms with Crippen LogP contribution < -0.4 is 21.7 Å². The number of hydrogen-bond acceptors (Lipinski definition) is 4. The van der Waals surface area contributed by atoms with Crippen molar-refractivity contribution < 1.29 is 14.4 Å².